The number of piperidine rings is 1. The maximum Gasteiger partial charge on any atom is 0.232 e. The fourth-order valence-electron chi connectivity index (χ4n) is 5.82. The van der Waals surface area contributed by atoms with Gasteiger partial charge in [0.1, 0.15) is 5.60 Å². The van der Waals surface area contributed by atoms with Gasteiger partial charge in [-0.3, -0.25) is 4.79 Å². The molecule has 2 atom stereocenters. The molecule has 1 spiro atoms. The Morgan fingerprint density at radius 1 is 1.19 bits per heavy atom. The predicted molar refractivity (Wildman–Crippen MR) is 124 cm³/mol. The Morgan fingerprint density at radius 3 is 2.81 bits per heavy atom. The highest BCUT2D eigenvalue weighted by molar-refractivity contribution is 7.15. The molecular formula is C24H29ClN2O3S. The van der Waals surface area contributed by atoms with Crippen molar-refractivity contribution in [2.75, 3.05) is 46.0 Å². The first kappa shape index (κ1) is 21.4. The van der Waals surface area contributed by atoms with Gasteiger partial charge in [-0.1, -0.05) is 30.3 Å². The summed E-state index contributed by atoms with van der Waals surface area (Å²) in [5, 5.41) is 3.42. The molecule has 4 aliphatic heterocycles. The normalized spacial score (nSPS) is 28.8. The number of fused-ring (bicyclic) bond motifs is 3. The monoisotopic (exact) mass is 460 g/mol. The fourth-order valence-corrected chi connectivity index (χ4v) is 7.23. The van der Waals surface area contributed by atoms with Crippen LogP contribution in [0.2, 0.25) is 0 Å². The Kier molecular flexibility index (Phi) is 5.64. The van der Waals surface area contributed by atoms with Crippen LogP contribution in [0.25, 0.3) is 10.4 Å². The van der Waals surface area contributed by atoms with Crippen LogP contribution in [-0.2, 0) is 26.3 Å². The molecule has 1 aromatic carbocycles. The zero-order valence-corrected chi connectivity index (χ0v) is 19.2. The van der Waals surface area contributed by atoms with E-state index in [9.17, 15) is 4.79 Å². The second-order valence-electron chi connectivity index (χ2n) is 9.22. The summed E-state index contributed by atoms with van der Waals surface area (Å²) < 4.78 is 12.2. The molecule has 4 aliphatic rings. The van der Waals surface area contributed by atoms with Crippen molar-refractivity contribution in [2.45, 2.75) is 24.9 Å². The second kappa shape index (κ2) is 8.16. The molecule has 0 unspecified atom stereocenters. The molecule has 1 amide bonds. The molecule has 166 valence electrons. The summed E-state index contributed by atoms with van der Waals surface area (Å²) in [7, 11) is 0. The molecule has 0 radical (unpaired) electrons. The number of hydrogen-bond donors (Lipinski definition) is 1. The van der Waals surface area contributed by atoms with E-state index in [2.05, 4.69) is 46.6 Å². The molecule has 5 heterocycles. The number of ether oxygens (including phenoxy) is 2. The number of halogens is 1. The van der Waals surface area contributed by atoms with Crippen LogP contribution in [0.5, 0.6) is 0 Å². The van der Waals surface area contributed by atoms with Crippen molar-refractivity contribution in [3.8, 4) is 10.4 Å². The van der Waals surface area contributed by atoms with Gasteiger partial charge in [-0.2, -0.15) is 0 Å². The van der Waals surface area contributed by atoms with Crippen molar-refractivity contribution in [3.05, 3.63) is 46.8 Å². The molecule has 1 aromatic heterocycles. The van der Waals surface area contributed by atoms with E-state index in [1.807, 2.05) is 11.3 Å². The third-order valence-electron chi connectivity index (χ3n) is 7.61. The third kappa shape index (κ3) is 3.35. The van der Waals surface area contributed by atoms with Gasteiger partial charge in [0.15, 0.2) is 0 Å². The first-order valence-corrected chi connectivity index (χ1v) is 11.9. The second-order valence-corrected chi connectivity index (χ2v) is 10.3. The van der Waals surface area contributed by atoms with Gasteiger partial charge in [0.05, 0.1) is 25.2 Å². The van der Waals surface area contributed by atoms with Crippen molar-refractivity contribution in [1.82, 2.24) is 10.2 Å². The number of thiophene rings is 1. The minimum Gasteiger partial charge on any atom is -0.380 e. The number of carbonyl (C=O) groups is 1. The van der Waals surface area contributed by atoms with Gasteiger partial charge < -0.3 is 19.7 Å². The van der Waals surface area contributed by atoms with Crippen LogP contribution in [0.4, 0.5) is 0 Å². The van der Waals surface area contributed by atoms with Crippen LogP contribution in [0.3, 0.4) is 0 Å². The predicted octanol–water partition coefficient (Wildman–Crippen LogP) is 3.46. The highest BCUT2D eigenvalue weighted by Crippen LogP contribution is 2.48. The molecule has 0 aliphatic carbocycles. The van der Waals surface area contributed by atoms with E-state index in [0.29, 0.717) is 19.1 Å². The van der Waals surface area contributed by atoms with Crippen LogP contribution in [0.1, 0.15) is 23.3 Å². The van der Waals surface area contributed by atoms with Crippen LogP contribution in [0.15, 0.2) is 36.4 Å². The highest BCUT2D eigenvalue weighted by Gasteiger charge is 2.55. The van der Waals surface area contributed by atoms with Gasteiger partial charge in [-0.25, -0.2) is 0 Å². The van der Waals surface area contributed by atoms with E-state index < -0.39 is 0 Å². The number of carbonyl (C=O) groups excluding carboxylic acids is 1. The lowest BCUT2D eigenvalue weighted by Crippen LogP contribution is -2.54. The van der Waals surface area contributed by atoms with E-state index in [1.165, 1.54) is 20.9 Å². The molecule has 7 heteroatoms. The quantitative estimate of drug-likeness (QED) is 0.745. The lowest BCUT2D eigenvalue weighted by molar-refractivity contribution is -0.150. The number of hydrogen-bond acceptors (Lipinski definition) is 5. The van der Waals surface area contributed by atoms with Gasteiger partial charge in [0, 0.05) is 41.9 Å². The van der Waals surface area contributed by atoms with Crippen molar-refractivity contribution in [2.24, 2.45) is 11.3 Å². The van der Waals surface area contributed by atoms with Crippen molar-refractivity contribution in [3.63, 3.8) is 0 Å². The minimum absolute atomic E-state index is 0. The van der Waals surface area contributed by atoms with Crippen molar-refractivity contribution >= 4 is 29.7 Å². The average Bonchev–Trinajstić information content (AvgIpc) is 3.49. The van der Waals surface area contributed by atoms with E-state index in [-0.39, 0.29) is 29.3 Å². The van der Waals surface area contributed by atoms with E-state index in [1.54, 1.807) is 0 Å². The summed E-state index contributed by atoms with van der Waals surface area (Å²) in [6, 6.07) is 13.0. The zero-order valence-electron chi connectivity index (χ0n) is 17.6. The number of amides is 1. The van der Waals surface area contributed by atoms with E-state index >= 15 is 0 Å². The Balaban J connectivity index is 0.00000204. The lowest BCUT2D eigenvalue weighted by atomic mass is 9.78. The van der Waals surface area contributed by atoms with Crippen molar-refractivity contribution < 1.29 is 14.3 Å². The molecule has 6 rings (SSSR count). The number of benzene rings is 1. The van der Waals surface area contributed by atoms with Gasteiger partial charge in [-0.15, -0.1) is 23.7 Å². The van der Waals surface area contributed by atoms with E-state index in [0.717, 1.165) is 52.0 Å². The minimum atomic E-state index is -0.341. The Hall–Kier alpha value is -1.44. The summed E-state index contributed by atoms with van der Waals surface area (Å²) in [5.41, 5.74) is 2.15. The zero-order chi connectivity index (χ0) is 20.2. The third-order valence-corrected chi connectivity index (χ3v) is 9.02. The molecule has 31 heavy (non-hydrogen) atoms. The maximum atomic E-state index is 13.5. The Morgan fingerprint density at radius 2 is 2.00 bits per heavy atom. The SMILES string of the molecule is Cl.O=C(N1CCC2(CC1)OCCc1cc(-c3ccccc3)sc12)[C@]12CNC[C@H]1COC2. The highest BCUT2D eigenvalue weighted by atomic mass is 35.5. The molecule has 2 aromatic rings. The molecule has 3 fully saturated rings. The molecule has 0 bridgehead atoms. The smallest absolute Gasteiger partial charge is 0.232 e. The first-order valence-electron chi connectivity index (χ1n) is 11.1. The van der Waals surface area contributed by atoms with Crippen LogP contribution in [-0.4, -0.2) is 56.8 Å². The number of nitrogens with one attached hydrogen (secondary N) is 1. The van der Waals surface area contributed by atoms with Crippen LogP contribution >= 0.6 is 23.7 Å². The Bertz CT molecular complexity index is 945. The molecular weight excluding hydrogens is 432 g/mol. The fraction of sp³-hybridized carbons (Fsp3) is 0.542. The summed E-state index contributed by atoms with van der Waals surface area (Å²) >= 11 is 1.88. The summed E-state index contributed by atoms with van der Waals surface area (Å²) in [4.78, 5) is 18.3. The van der Waals surface area contributed by atoms with Gasteiger partial charge in [0.2, 0.25) is 5.91 Å². The average molecular weight is 461 g/mol. The van der Waals surface area contributed by atoms with Crippen molar-refractivity contribution in [1.29, 1.82) is 0 Å². The first-order chi connectivity index (χ1) is 14.7. The largest absolute Gasteiger partial charge is 0.380 e. The Labute approximate surface area is 193 Å². The number of nitrogens with zero attached hydrogens (tertiary/aromatic N) is 1. The van der Waals surface area contributed by atoms with Gasteiger partial charge >= 0.3 is 0 Å². The summed E-state index contributed by atoms with van der Waals surface area (Å²) in [6.07, 6.45) is 2.75. The number of rotatable bonds is 2. The maximum absolute atomic E-state index is 13.5. The summed E-state index contributed by atoms with van der Waals surface area (Å²) in [5.74, 6) is 0.612. The van der Waals surface area contributed by atoms with Crippen LogP contribution < -0.4 is 5.32 Å². The van der Waals surface area contributed by atoms with Gasteiger partial charge in [0.25, 0.3) is 0 Å². The summed E-state index contributed by atoms with van der Waals surface area (Å²) in [6.45, 7) is 5.24. The number of likely N-dealkylation sites (tertiary alicyclic amines) is 1. The molecule has 1 N–H and O–H groups in total. The van der Waals surface area contributed by atoms with Crippen LogP contribution in [0, 0.1) is 11.3 Å². The molecule has 5 nitrogen and oxygen atoms in total. The van der Waals surface area contributed by atoms with Gasteiger partial charge in [-0.05, 0) is 36.5 Å². The standard InChI is InChI=1S/C24H28N2O3S.ClH/c27-22(23-15-25-13-19(23)14-28-16-23)26-9-7-24(8-10-26)21-18(6-11-29-24)12-20(30-21)17-4-2-1-3-5-17;/h1-5,12,19,25H,6-11,13-16H2;1H/t19-,23-;/m0./s1. The topological polar surface area (TPSA) is 50.8 Å². The molecule has 3 saturated heterocycles. The molecule has 0 saturated carbocycles. The lowest BCUT2D eigenvalue weighted by Gasteiger charge is -2.45. The van der Waals surface area contributed by atoms with E-state index in [4.69, 9.17) is 9.47 Å².